The lowest BCUT2D eigenvalue weighted by Crippen LogP contribution is -2.56. The number of hydrogen-bond acceptors (Lipinski definition) is 3. The standard InChI is InChI=1S/C17H21BrN2O3/c18-13-5-3-4-12(10-13)17(22)19-11-16(21)20-8-9-23-15-7-2-1-6-14(15)20/h3-5,10,14-15H,1-2,6-9,11H2,(H,19,22). The third-order valence-electron chi connectivity index (χ3n) is 4.54. The van der Waals surface area contributed by atoms with Gasteiger partial charge >= 0.3 is 0 Å². The van der Waals surface area contributed by atoms with Gasteiger partial charge in [0.05, 0.1) is 25.3 Å². The van der Waals surface area contributed by atoms with Crippen molar-refractivity contribution in [2.45, 2.75) is 37.8 Å². The molecule has 2 aliphatic rings. The summed E-state index contributed by atoms with van der Waals surface area (Å²) in [4.78, 5) is 26.5. The molecule has 1 saturated heterocycles. The van der Waals surface area contributed by atoms with Crippen LogP contribution in [0, 0.1) is 0 Å². The van der Waals surface area contributed by atoms with Crippen LogP contribution in [0.2, 0.25) is 0 Å². The van der Waals surface area contributed by atoms with Crippen molar-refractivity contribution in [1.29, 1.82) is 0 Å². The molecule has 0 bridgehead atoms. The van der Waals surface area contributed by atoms with Crippen LogP contribution in [0.5, 0.6) is 0 Å². The van der Waals surface area contributed by atoms with Gasteiger partial charge in [-0.25, -0.2) is 0 Å². The molecular formula is C17H21BrN2O3. The number of nitrogens with one attached hydrogen (secondary N) is 1. The zero-order valence-corrected chi connectivity index (χ0v) is 14.5. The van der Waals surface area contributed by atoms with Crippen LogP contribution in [0.1, 0.15) is 36.0 Å². The highest BCUT2D eigenvalue weighted by molar-refractivity contribution is 9.10. The van der Waals surface area contributed by atoms with Gasteiger partial charge in [0, 0.05) is 16.6 Å². The Kier molecular flexibility index (Phi) is 5.33. The van der Waals surface area contributed by atoms with E-state index in [1.807, 2.05) is 11.0 Å². The average molecular weight is 381 g/mol. The van der Waals surface area contributed by atoms with Crippen molar-refractivity contribution in [3.05, 3.63) is 34.3 Å². The number of carbonyl (C=O) groups excluding carboxylic acids is 2. The summed E-state index contributed by atoms with van der Waals surface area (Å²) in [6.07, 6.45) is 4.50. The molecule has 1 aromatic rings. The molecule has 23 heavy (non-hydrogen) atoms. The number of morpholine rings is 1. The lowest BCUT2D eigenvalue weighted by molar-refractivity contribution is -0.148. The number of carbonyl (C=O) groups is 2. The molecule has 2 unspecified atom stereocenters. The zero-order chi connectivity index (χ0) is 16.2. The van der Waals surface area contributed by atoms with Gasteiger partial charge in [-0.05, 0) is 31.0 Å². The van der Waals surface area contributed by atoms with Crippen LogP contribution in [-0.4, -0.2) is 48.6 Å². The molecule has 1 heterocycles. The highest BCUT2D eigenvalue weighted by Crippen LogP contribution is 2.28. The van der Waals surface area contributed by atoms with Crippen LogP contribution >= 0.6 is 15.9 Å². The highest BCUT2D eigenvalue weighted by atomic mass is 79.9. The number of rotatable bonds is 3. The van der Waals surface area contributed by atoms with Crippen molar-refractivity contribution < 1.29 is 14.3 Å². The van der Waals surface area contributed by atoms with Crippen LogP contribution in [0.3, 0.4) is 0 Å². The molecule has 1 aromatic carbocycles. The van der Waals surface area contributed by atoms with E-state index in [1.165, 1.54) is 6.42 Å². The van der Waals surface area contributed by atoms with Gasteiger partial charge in [0.25, 0.3) is 5.91 Å². The van der Waals surface area contributed by atoms with Crippen LogP contribution < -0.4 is 5.32 Å². The summed E-state index contributed by atoms with van der Waals surface area (Å²) in [7, 11) is 0. The number of hydrogen-bond donors (Lipinski definition) is 1. The number of nitrogens with zero attached hydrogens (tertiary/aromatic N) is 1. The molecule has 2 atom stereocenters. The Hall–Kier alpha value is -1.40. The molecule has 6 heteroatoms. The Labute approximate surface area is 144 Å². The van der Waals surface area contributed by atoms with Crippen molar-refractivity contribution in [1.82, 2.24) is 10.2 Å². The predicted octanol–water partition coefficient (Wildman–Crippen LogP) is 2.35. The SMILES string of the molecule is O=C(NCC(=O)N1CCOC2CCCCC21)c1cccc(Br)c1. The zero-order valence-electron chi connectivity index (χ0n) is 13.0. The molecule has 5 nitrogen and oxygen atoms in total. The molecule has 3 rings (SSSR count). The summed E-state index contributed by atoms with van der Waals surface area (Å²) in [5.74, 6) is -0.248. The van der Waals surface area contributed by atoms with E-state index in [4.69, 9.17) is 4.74 Å². The van der Waals surface area contributed by atoms with E-state index in [9.17, 15) is 9.59 Å². The summed E-state index contributed by atoms with van der Waals surface area (Å²) in [5, 5.41) is 2.73. The van der Waals surface area contributed by atoms with E-state index in [-0.39, 0.29) is 30.5 Å². The Bertz CT molecular complexity index is 591. The lowest BCUT2D eigenvalue weighted by atomic mass is 9.90. The van der Waals surface area contributed by atoms with Crippen molar-refractivity contribution in [3.63, 3.8) is 0 Å². The van der Waals surface area contributed by atoms with Gasteiger partial charge in [-0.2, -0.15) is 0 Å². The van der Waals surface area contributed by atoms with Gasteiger partial charge in [-0.1, -0.05) is 34.8 Å². The van der Waals surface area contributed by atoms with Gasteiger partial charge in [0.1, 0.15) is 0 Å². The van der Waals surface area contributed by atoms with Gasteiger partial charge in [-0.15, -0.1) is 0 Å². The van der Waals surface area contributed by atoms with E-state index in [2.05, 4.69) is 21.2 Å². The van der Waals surface area contributed by atoms with Crippen LogP contribution in [0.4, 0.5) is 0 Å². The maximum atomic E-state index is 12.5. The van der Waals surface area contributed by atoms with Gasteiger partial charge in [0.2, 0.25) is 5.91 Å². The number of benzene rings is 1. The molecule has 1 N–H and O–H groups in total. The van der Waals surface area contributed by atoms with Crippen molar-refractivity contribution in [2.75, 3.05) is 19.7 Å². The summed E-state index contributed by atoms with van der Waals surface area (Å²) in [6.45, 7) is 1.24. The Morgan fingerprint density at radius 2 is 2.13 bits per heavy atom. The first-order chi connectivity index (χ1) is 11.1. The topological polar surface area (TPSA) is 58.6 Å². The second-order valence-corrected chi connectivity index (χ2v) is 6.96. The second kappa shape index (κ2) is 7.45. The summed E-state index contributed by atoms with van der Waals surface area (Å²) >= 11 is 3.34. The Morgan fingerprint density at radius 1 is 1.30 bits per heavy atom. The normalized spacial score (nSPS) is 24.0. The summed E-state index contributed by atoms with van der Waals surface area (Å²) in [5.41, 5.74) is 0.546. The third kappa shape index (κ3) is 3.93. The molecule has 2 fully saturated rings. The fourth-order valence-corrected chi connectivity index (χ4v) is 3.79. The Morgan fingerprint density at radius 3 is 2.96 bits per heavy atom. The van der Waals surface area contributed by atoms with Gasteiger partial charge in [-0.3, -0.25) is 9.59 Å². The quantitative estimate of drug-likeness (QED) is 0.875. The predicted molar refractivity (Wildman–Crippen MR) is 90.2 cm³/mol. The molecule has 1 saturated carbocycles. The summed E-state index contributed by atoms with van der Waals surface area (Å²) in [6, 6.07) is 7.31. The van der Waals surface area contributed by atoms with Gasteiger partial charge in [0.15, 0.2) is 0 Å². The molecule has 2 amide bonds. The maximum Gasteiger partial charge on any atom is 0.251 e. The monoisotopic (exact) mass is 380 g/mol. The number of ether oxygens (including phenoxy) is 1. The fraction of sp³-hybridized carbons (Fsp3) is 0.529. The fourth-order valence-electron chi connectivity index (χ4n) is 3.40. The van der Waals surface area contributed by atoms with Crippen LogP contribution in [0.15, 0.2) is 28.7 Å². The average Bonchev–Trinajstić information content (AvgIpc) is 2.59. The number of fused-ring (bicyclic) bond motifs is 1. The first-order valence-corrected chi connectivity index (χ1v) is 8.89. The molecule has 1 aliphatic carbocycles. The molecule has 124 valence electrons. The van der Waals surface area contributed by atoms with E-state index in [1.54, 1.807) is 18.2 Å². The minimum absolute atomic E-state index is 0.0199. The van der Waals surface area contributed by atoms with Crippen LogP contribution in [0.25, 0.3) is 0 Å². The molecule has 0 aromatic heterocycles. The third-order valence-corrected chi connectivity index (χ3v) is 5.03. The van der Waals surface area contributed by atoms with E-state index in [0.29, 0.717) is 18.7 Å². The number of halogens is 1. The second-order valence-electron chi connectivity index (χ2n) is 6.04. The lowest BCUT2D eigenvalue weighted by Gasteiger charge is -2.43. The first kappa shape index (κ1) is 16.5. The Balaban J connectivity index is 1.57. The maximum absolute atomic E-state index is 12.5. The van der Waals surface area contributed by atoms with Crippen molar-refractivity contribution in [2.24, 2.45) is 0 Å². The van der Waals surface area contributed by atoms with Gasteiger partial charge < -0.3 is 15.0 Å². The first-order valence-electron chi connectivity index (χ1n) is 8.10. The minimum atomic E-state index is -0.229. The molecule has 0 radical (unpaired) electrons. The smallest absolute Gasteiger partial charge is 0.251 e. The van der Waals surface area contributed by atoms with Crippen LogP contribution in [-0.2, 0) is 9.53 Å². The highest BCUT2D eigenvalue weighted by Gasteiger charge is 2.36. The van der Waals surface area contributed by atoms with E-state index in [0.717, 1.165) is 23.7 Å². The van der Waals surface area contributed by atoms with Crippen molar-refractivity contribution >= 4 is 27.7 Å². The molecule has 0 spiro atoms. The summed E-state index contributed by atoms with van der Waals surface area (Å²) < 4.78 is 6.63. The van der Waals surface area contributed by atoms with E-state index >= 15 is 0 Å². The molecular weight excluding hydrogens is 360 g/mol. The van der Waals surface area contributed by atoms with E-state index < -0.39 is 0 Å². The molecule has 1 aliphatic heterocycles. The van der Waals surface area contributed by atoms with Crippen molar-refractivity contribution in [3.8, 4) is 0 Å². The number of amides is 2. The largest absolute Gasteiger partial charge is 0.374 e. The minimum Gasteiger partial charge on any atom is -0.374 e.